The van der Waals surface area contributed by atoms with Gasteiger partial charge in [-0.25, -0.2) is 0 Å². The monoisotopic (exact) mass is 261 g/mol. The molecule has 0 aromatic rings. The normalized spacial score (nSPS) is 16.2. The van der Waals surface area contributed by atoms with Gasteiger partial charge in [0.25, 0.3) is 0 Å². The van der Waals surface area contributed by atoms with E-state index in [0.717, 1.165) is 19.6 Å². The van der Waals surface area contributed by atoms with Crippen molar-refractivity contribution in [1.29, 1.82) is 0 Å². The van der Waals surface area contributed by atoms with Gasteiger partial charge in [-0.3, -0.25) is 0 Å². The van der Waals surface area contributed by atoms with Crippen molar-refractivity contribution >= 4 is 12.6 Å². The fourth-order valence-electron chi connectivity index (χ4n) is 2.09. The Morgan fingerprint density at radius 1 is 1.29 bits per heavy atom. The molecule has 0 saturated heterocycles. The molecule has 0 amide bonds. The molecule has 0 saturated carbocycles. The van der Waals surface area contributed by atoms with E-state index in [-0.39, 0.29) is 10.8 Å². The molecule has 0 aliphatic heterocycles. The molecule has 3 nitrogen and oxygen atoms in total. The minimum absolute atomic E-state index is 0.0261. The van der Waals surface area contributed by atoms with E-state index in [2.05, 4.69) is 45.2 Å². The van der Waals surface area contributed by atoms with Crippen molar-refractivity contribution < 1.29 is 0 Å². The second-order valence-electron chi connectivity index (χ2n) is 5.41. The summed E-state index contributed by atoms with van der Waals surface area (Å²) < 4.78 is -0.0849. The largest absolute Gasteiger partial charge is 0.329 e. The summed E-state index contributed by atoms with van der Waals surface area (Å²) in [6, 6.07) is 0.0261. The Kier molecular flexibility index (Phi) is 8.47. The van der Waals surface area contributed by atoms with E-state index in [0.29, 0.717) is 12.5 Å². The topological polar surface area (TPSA) is 55.3 Å². The van der Waals surface area contributed by atoms with Crippen LogP contribution in [0.3, 0.4) is 0 Å². The first-order chi connectivity index (χ1) is 7.86. The highest BCUT2D eigenvalue weighted by molar-refractivity contribution is 7.81. The van der Waals surface area contributed by atoms with Crippen molar-refractivity contribution in [2.24, 2.45) is 17.4 Å². The van der Waals surface area contributed by atoms with Gasteiger partial charge in [-0.05, 0) is 19.5 Å². The highest BCUT2D eigenvalue weighted by Crippen LogP contribution is 2.27. The zero-order valence-corrected chi connectivity index (χ0v) is 12.8. The molecule has 0 radical (unpaired) electrons. The number of thiol groups is 1. The van der Waals surface area contributed by atoms with E-state index in [9.17, 15) is 0 Å². The molecule has 0 bridgehead atoms. The summed E-state index contributed by atoms with van der Waals surface area (Å²) >= 11 is 4.69. The first-order valence-electron chi connectivity index (χ1n) is 6.77. The summed E-state index contributed by atoms with van der Waals surface area (Å²) in [5, 5.41) is 0. The Morgan fingerprint density at radius 2 is 1.88 bits per heavy atom. The second-order valence-corrected chi connectivity index (χ2v) is 6.56. The van der Waals surface area contributed by atoms with Crippen LogP contribution in [0.5, 0.6) is 0 Å². The minimum Gasteiger partial charge on any atom is -0.329 e. The molecular weight excluding hydrogens is 230 g/mol. The summed E-state index contributed by atoms with van der Waals surface area (Å²) in [5.41, 5.74) is 11.8. The van der Waals surface area contributed by atoms with Crippen molar-refractivity contribution in [3.8, 4) is 0 Å². The van der Waals surface area contributed by atoms with Crippen molar-refractivity contribution in [1.82, 2.24) is 4.90 Å². The fourth-order valence-corrected chi connectivity index (χ4v) is 2.36. The van der Waals surface area contributed by atoms with Gasteiger partial charge in [-0.2, -0.15) is 12.6 Å². The summed E-state index contributed by atoms with van der Waals surface area (Å²) in [7, 11) is 0. The third kappa shape index (κ3) is 6.65. The van der Waals surface area contributed by atoms with Gasteiger partial charge in [-0.1, -0.05) is 34.1 Å². The molecule has 4 heteroatoms. The van der Waals surface area contributed by atoms with Crippen LogP contribution in [0.4, 0.5) is 0 Å². The molecule has 0 spiro atoms. The van der Waals surface area contributed by atoms with Crippen LogP contribution < -0.4 is 11.5 Å². The van der Waals surface area contributed by atoms with Crippen molar-refractivity contribution in [2.45, 2.75) is 51.3 Å². The summed E-state index contributed by atoms with van der Waals surface area (Å²) in [6.45, 7) is 12.4. The lowest BCUT2D eigenvalue weighted by Gasteiger charge is -2.37. The number of rotatable bonds is 9. The third-order valence-corrected chi connectivity index (χ3v) is 3.76. The zero-order valence-electron chi connectivity index (χ0n) is 11.9. The minimum atomic E-state index is -0.0849. The fraction of sp³-hybridized carbons (Fsp3) is 1.00. The van der Waals surface area contributed by atoms with Crippen LogP contribution >= 0.6 is 12.6 Å². The molecule has 2 unspecified atom stereocenters. The molecule has 0 heterocycles. The van der Waals surface area contributed by atoms with Crippen LogP contribution in [0, 0.1) is 5.92 Å². The van der Waals surface area contributed by atoms with Gasteiger partial charge in [0.05, 0.1) is 0 Å². The smallest absolute Gasteiger partial charge is 0.0217 e. The van der Waals surface area contributed by atoms with Crippen molar-refractivity contribution in [3.63, 3.8) is 0 Å². The molecule has 0 aromatic carbocycles. The van der Waals surface area contributed by atoms with E-state index in [4.69, 9.17) is 11.5 Å². The number of hydrogen-bond acceptors (Lipinski definition) is 4. The Labute approximate surface area is 113 Å². The SMILES string of the molecule is CCCCN(CC)CC(C(N)CN)C(C)(C)S. The third-order valence-electron chi connectivity index (χ3n) is 3.43. The quantitative estimate of drug-likeness (QED) is 0.554. The standard InChI is InChI=1S/C13H31N3S/c1-5-7-8-16(6-2)10-11(12(15)9-14)13(3,4)17/h11-12,17H,5-10,14-15H2,1-4H3. The lowest BCUT2D eigenvalue weighted by Crippen LogP contribution is -2.50. The van der Waals surface area contributed by atoms with Gasteiger partial charge in [0.15, 0.2) is 0 Å². The van der Waals surface area contributed by atoms with E-state index >= 15 is 0 Å². The number of hydrogen-bond donors (Lipinski definition) is 3. The van der Waals surface area contributed by atoms with E-state index < -0.39 is 0 Å². The van der Waals surface area contributed by atoms with Crippen LogP contribution in [0.2, 0.25) is 0 Å². The van der Waals surface area contributed by atoms with Crippen molar-refractivity contribution in [2.75, 3.05) is 26.2 Å². The predicted octanol–water partition coefficient (Wildman–Crippen LogP) is 1.72. The van der Waals surface area contributed by atoms with Crippen LogP contribution in [0.1, 0.15) is 40.5 Å². The van der Waals surface area contributed by atoms with Gasteiger partial charge < -0.3 is 16.4 Å². The highest BCUT2D eigenvalue weighted by Gasteiger charge is 2.31. The molecular formula is C13H31N3S. The molecule has 104 valence electrons. The first kappa shape index (κ1) is 17.2. The second kappa shape index (κ2) is 8.35. The van der Waals surface area contributed by atoms with E-state index in [1.807, 2.05) is 0 Å². The molecule has 17 heavy (non-hydrogen) atoms. The summed E-state index contributed by atoms with van der Waals surface area (Å²) in [4.78, 5) is 2.46. The van der Waals surface area contributed by atoms with Crippen LogP contribution in [0.25, 0.3) is 0 Å². The average Bonchev–Trinajstić information content (AvgIpc) is 2.27. The van der Waals surface area contributed by atoms with Gasteiger partial charge in [0.1, 0.15) is 0 Å². The highest BCUT2D eigenvalue weighted by atomic mass is 32.1. The molecule has 0 rings (SSSR count). The zero-order chi connectivity index (χ0) is 13.5. The van der Waals surface area contributed by atoms with Crippen LogP contribution in [-0.2, 0) is 0 Å². The van der Waals surface area contributed by atoms with Crippen LogP contribution in [0.15, 0.2) is 0 Å². The molecule has 0 fully saturated rings. The number of nitrogens with zero attached hydrogens (tertiary/aromatic N) is 1. The van der Waals surface area contributed by atoms with E-state index in [1.165, 1.54) is 12.8 Å². The lowest BCUT2D eigenvalue weighted by atomic mass is 9.87. The lowest BCUT2D eigenvalue weighted by molar-refractivity contribution is 0.199. The Balaban J connectivity index is 4.49. The van der Waals surface area contributed by atoms with Gasteiger partial charge in [0, 0.05) is 29.8 Å². The maximum absolute atomic E-state index is 6.13. The van der Waals surface area contributed by atoms with E-state index in [1.54, 1.807) is 0 Å². The number of nitrogens with two attached hydrogens (primary N) is 2. The Morgan fingerprint density at radius 3 is 2.24 bits per heavy atom. The van der Waals surface area contributed by atoms with Gasteiger partial charge in [-0.15, -0.1) is 0 Å². The molecule has 0 aliphatic rings. The average molecular weight is 261 g/mol. The van der Waals surface area contributed by atoms with Gasteiger partial charge in [0.2, 0.25) is 0 Å². The van der Waals surface area contributed by atoms with Crippen LogP contribution in [-0.4, -0.2) is 41.9 Å². The maximum Gasteiger partial charge on any atom is 0.0217 e. The molecule has 4 N–H and O–H groups in total. The Bertz CT molecular complexity index is 192. The summed E-state index contributed by atoms with van der Waals surface area (Å²) in [5.74, 6) is 0.327. The van der Waals surface area contributed by atoms with Crippen molar-refractivity contribution in [3.05, 3.63) is 0 Å². The molecule has 2 atom stereocenters. The molecule has 0 aliphatic carbocycles. The predicted molar refractivity (Wildman–Crippen MR) is 80.6 cm³/mol. The molecule has 0 aromatic heterocycles. The Hall–Kier alpha value is 0.230. The maximum atomic E-state index is 6.13. The van der Waals surface area contributed by atoms with Gasteiger partial charge >= 0.3 is 0 Å². The first-order valence-corrected chi connectivity index (χ1v) is 7.21. The number of unbranched alkanes of at least 4 members (excludes halogenated alkanes) is 1. The summed E-state index contributed by atoms with van der Waals surface area (Å²) in [6.07, 6.45) is 2.47.